The van der Waals surface area contributed by atoms with E-state index in [0.29, 0.717) is 114 Å². The monoisotopic (exact) mass is 1260 g/mol. The summed E-state index contributed by atoms with van der Waals surface area (Å²) in [6, 6.07) is 80.2. The Kier molecular flexibility index (Phi) is 15.5. The van der Waals surface area contributed by atoms with Crippen LogP contribution >= 0.6 is 0 Å². The quantitative estimate of drug-likeness (QED) is 0.166. The van der Waals surface area contributed by atoms with Gasteiger partial charge in [-0.1, -0.05) is 72.8 Å². The summed E-state index contributed by atoms with van der Waals surface area (Å²) in [6.45, 7) is 0. The summed E-state index contributed by atoms with van der Waals surface area (Å²) in [5.74, 6) is 6.18. The molecule has 0 fully saturated rings. The van der Waals surface area contributed by atoms with E-state index >= 15 is 0 Å². The molecule has 0 unspecified atom stereocenters. The summed E-state index contributed by atoms with van der Waals surface area (Å²) >= 11 is 0. The first-order valence-corrected chi connectivity index (χ1v) is 30.9. The van der Waals surface area contributed by atoms with E-state index in [-0.39, 0.29) is 23.1 Å². The number of methoxy groups -OCH3 is 4. The average Bonchev–Trinajstić information content (AvgIpc) is 0.755. The van der Waals surface area contributed by atoms with Crippen LogP contribution in [0, 0.1) is 0 Å². The normalized spacial score (nSPS) is 12.4. The Hall–Kier alpha value is -12.8. The van der Waals surface area contributed by atoms with Crippen molar-refractivity contribution in [2.45, 2.75) is 0 Å². The Labute approximate surface area is 551 Å². The first-order valence-electron chi connectivity index (χ1n) is 30.9. The number of carbonyl (C=O) groups is 4. The Bertz CT molecular complexity index is 4750. The van der Waals surface area contributed by atoms with Gasteiger partial charge in [0, 0.05) is 66.8 Å². The minimum Gasteiger partial charge on any atom is -0.496 e. The Morgan fingerprint density at radius 1 is 0.198 bits per heavy atom. The molecule has 0 saturated heterocycles. The number of benzene rings is 14. The third-order valence-corrected chi connectivity index (χ3v) is 17.4. The summed E-state index contributed by atoms with van der Waals surface area (Å²) in [4.78, 5) is 56.7. The highest BCUT2D eigenvalue weighted by Crippen LogP contribution is 2.48. The van der Waals surface area contributed by atoms with E-state index in [2.05, 4.69) is 0 Å². The maximum atomic E-state index is 14.2. The molecule has 0 amide bonds. The first kappa shape index (κ1) is 59.5. The van der Waals surface area contributed by atoms with Crippen LogP contribution in [0.25, 0.3) is 65.3 Å². The molecule has 0 aromatic heterocycles. The van der Waals surface area contributed by atoms with Gasteiger partial charge in [0.2, 0.25) is 0 Å². The van der Waals surface area contributed by atoms with Gasteiger partial charge in [-0.05, 0) is 237 Å². The Morgan fingerprint density at radius 2 is 0.365 bits per heavy atom. The smallest absolute Gasteiger partial charge is 0.193 e. The molecule has 0 atom stereocenters. The van der Waals surface area contributed by atoms with Gasteiger partial charge in [0.25, 0.3) is 0 Å². The molecule has 464 valence electrons. The van der Waals surface area contributed by atoms with Crippen LogP contribution in [0.4, 0.5) is 0 Å². The van der Waals surface area contributed by atoms with Crippen LogP contribution in [0.15, 0.2) is 267 Å². The van der Waals surface area contributed by atoms with Crippen molar-refractivity contribution in [3.05, 3.63) is 311 Å². The van der Waals surface area contributed by atoms with Crippen LogP contribution in [0.3, 0.4) is 0 Å². The van der Waals surface area contributed by atoms with Crippen molar-refractivity contribution in [2.75, 3.05) is 28.4 Å². The predicted octanol–water partition coefficient (Wildman–Crippen LogP) is 20.1. The van der Waals surface area contributed by atoms with Crippen LogP contribution < -0.4 is 37.9 Å². The molecule has 0 spiro atoms. The SMILES string of the molecule is COc1ccc2cc3ccc2c1-c1c(OC)ccc2cc(ccc12)C(=O)c1ccc(cc1)Oc1ccc(cc1)Oc1ccc(cc1)C(=O)c1ccc2c(c(OC)ccc2c1)-c1c(OC)ccc2cc(ccc12)C(=O)c1ccc(cc1)Oc1ccc(cc1)Oc1ccc(cc1)C3=O. The molecule has 12 heteroatoms. The fourth-order valence-electron chi connectivity index (χ4n) is 12.6. The molecule has 0 N–H and O–H groups in total. The molecule has 30 heterocycles. The second-order valence-corrected chi connectivity index (χ2v) is 23.1. The molecular weight excluding hydrogens is 1200 g/mol. The van der Waals surface area contributed by atoms with Crippen LogP contribution in [-0.4, -0.2) is 51.6 Å². The molecule has 14 aromatic rings. The van der Waals surface area contributed by atoms with Crippen LogP contribution in [0.5, 0.6) is 69.0 Å². The average molecular weight is 1260 g/mol. The van der Waals surface area contributed by atoms with Crippen molar-refractivity contribution in [1.82, 2.24) is 0 Å². The van der Waals surface area contributed by atoms with Crippen molar-refractivity contribution < 1.29 is 57.1 Å². The van der Waals surface area contributed by atoms with Crippen LogP contribution in [0.1, 0.15) is 63.7 Å². The van der Waals surface area contributed by atoms with Gasteiger partial charge in [0.15, 0.2) is 23.1 Å². The zero-order valence-electron chi connectivity index (χ0n) is 52.3. The van der Waals surface area contributed by atoms with E-state index in [0.717, 1.165) is 65.3 Å². The van der Waals surface area contributed by atoms with Crippen LogP contribution in [-0.2, 0) is 0 Å². The number of carbonyl (C=O) groups excluding carboxylic acids is 4. The van der Waals surface area contributed by atoms with Crippen molar-refractivity contribution in [3.63, 3.8) is 0 Å². The number of rotatable bonds is 4. The lowest BCUT2D eigenvalue weighted by atomic mass is 9.90. The second kappa shape index (κ2) is 25.0. The van der Waals surface area contributed by atoms with Gasteiger partial charge in [0.05, 0.1) is 28.4 Å². The largest absolute Gasteiger partial charge is 0.496 e. The van der Waals surface area contributed by atoms with Gasteiger partial charge in [-0.15, -0.1) is 0 Å². The number of ether oxygens (including phenoxy) is 8. The molecule has 44 rings (SSSR count). The van der Waals surface area contributed by atoms with Crippen molar-refractivity contribution in [2.24, 2.45) is 0 Å². The van der Waals surface area contributed by atoms with E-state index in [9.17, 15) is 19.2 Å². The fourth-order valence-corrected chi connectivity index (χ4v) is 12.6. The topological polar surface area (TPSA) is 142 Å². The first-order chi connectivity index (χ1) is 47.0. The third kappa shape index (κ3) is 11.3. The maximum absolute atomic E-state index is 14.2. The summed E-state index contributed by atoms with van der Waals surface area (Å²) in [5.41, 5.74) is 7.03. The highest BCUT2D eigenvalue weighted by Gasteiger charge is 2.24. The van der Waals surface area contributed by atoms with Gasteiger partial charge in [-0.3, -0.25) is 19.2 Å². The van der Waals surface area contributed by atoms with E-state index in [1.54, 1.807) is 174 Å². The van der Waals surface area contributed by atoms with E-state index in [1.807, 2.05) is 121 Å². The van der Waals surface area contributed by atoms with Crippen molar-refractivity contribution in [1.29, 1.82) is 0 Å². The molecule has 30 aliphatic rings. The summed E-state index contributed by atoms with van der Waals surface area (Å²) in [7, 11) is 6.48. The van der Waals surface area contributed by atoms with Gasteiger partial charge in [0.1, 0.15) is 69.0 Å². The standard InChI is InChI=1S/C84H56O12/c1-89-73-41-17-53-45-57-13-37-69(53)77(73)78-70-38-14-58(46-54(70)18-42-74(78)90-2)82(86)50-7-23-62(24-8-50)94-66-33-35-68(36-34-66)96-64-27-11-52(12-28-64)84(88)60-16-40-72-56(48-60)20-44-76(92-4)80(72)79-71-39-15-59(47-55(71)19-43-75(79)91-3)83(87)51-9-25-63(26-10-51)95-67-31-29-65(30-32-67)93-61-21-5-49(6-22-61)81(57)85/h5-48H,1-4H3. The van der Waals surface area contributed by atoms with Gasteiger partial charge >= 0.3 is 0 Å². The highest BCUT2D eigenvalue weighted by atomic mass is 16.5. The van der Waals surface area contributed by atoms with Crippen LogP contribution in [0.2, 0.25) is 0 Å². The van der Waals surface area contributed by atoms with Gasteiger partial charge < -0.3 is 37.9 Å². The molecular formula is C84H56O12. The Morgan fingerprint density at radius 3 is 0.542 bits per heavy atom. The number of ketones is 4. The molecule has 30 aliphatic heterocycles. The Balaban J connectivity index is 0.741. The summed E-state index contributed by atoms with van der Waals surface area (Å²) in [6.07, 6.45) is 0. The number of hydrogen-bond donors (Lipinski definition) is 0. The van der Waals surface area contributed by atoms with Gasteiger partial charge in [-0.25, -0.2) is 0 Å². The van der Waals surface area contributed by atoms with E-state index in [4.69, 9.17) is 37.9 Å². The third-order valence-electron chi connectivity index (χ3n) is 17.4. The zero-order chi connectivity index (χ0) is 65.6. The van der Waals surface area contributed by atoms with Gasteiger partial charge in [-0.2, -0.15) is 0 Å². The van der Waals surface area contributed by atoms with Crippen molar-refractivity contribution in [3.8, 4) is 91.2 Å². The molecule has 0 radical (unpaired) electrons. The van der Waals surface area contributed by atoms with E-state index in [1.165, 1.54) is 0 Å². The minimum absolute atomic E-state index is 0.163. The molecule has 96 heavy (non-hydrogen) atoms. The van der Waals surface area contributed by atoms with E-state index < -0.39 is 0 Å². The molecule has 12 nitrogen and oxygen atoms in total. The molecule has 0 aliphatic carbocycles. The molecule has 0 saturated carbocycles. The maximum Gasteiger partial charge on any atom is 0.193 e. The lowest BCUT2D eigenvalue weighted by Gasteiger charge is -2.18. The molecule has 14 aromatic carbocycles. The number of hydrogen-bond acceptors (Lipinski definition) is 12. The lowest BCUT2D eigenvalue weighted by Crippen LogP contribution is -2.02. The molecule has 28 bridgehead atoms. The lowest BCUT2D eigenvalue weighted by molar-refractivity contribution is 0.103. The second-order valence-electron chi connectivity index (χ2n) is 23.1. The predicted molar refractivity (Wildman–Crippen MR) is 373 cm³/mol. The highest BCUT2D eigenvalue weighted by molar-refractivity contribution is 6.18. The zero-order valence-corrected chi connectivity index (χ0v) is 52.3. The fraction of sp³-hybridized carbons (Fsp3) is 0.0476. The minimum atomic E-state index is -0.163. The summed E-state index contributed by atoms with van der Waals surface area (Å²) < 4.78 is 48.9. The van der Waals surface area contributed by atoms with Crippen molar-refractivity contribution >= 4 is 66.2 Å². The summed E-state index contributed by atoms with van der Waals surface area (Å²) in [5, 5.41) is 6.61.